The minimum absolute atomic E-state index is 0.220. The van der Waals surface area contributed by atoms with Crippen molar-refractivity contribution in [3.05, 3.63) is 11.9 Å². The molecule has 1 aromatic heterocycles. The van der Waals surface area contributed by atoms with Gasteiger partial charge >= 0.3 is 6.09 Å². The van der Waals surface area contributed by atoms with Gasteiger partial charge in [-0.05, 0) is 59.5 Å². The molecule has 1 N–H and O–H groups in total. The molecule has 1 aromatic rings. The zero-order chi connectivity index (χ0) is 19.4. The number of amides is 1. The van der Waals surface area contributed by atoms with Crippen LogP contribution in [0.3, 0.4) is 0 Å². The first-order chi connectivity index (χ1) is 12.8. The number of hydrogen-bond acceptors (Lipinski definition) is 6. The molecule has 8 nitrogen and oxygen atoms in total. The maximum Gasteiger partial charge on any atom is 0.410 e. The largest absolute Gasteiger partial charge is 0.444 e. The molecule has 0 bridgehead atoms. The van der Waals surface area contributed by atoms with Crippen molar-refractivity contribution in [1.82, 2.24) is 30.1 Å². The maximum atomic E-state index is 12.3. The molecule has 2 fully saturated rings. The van der Waals surface area contributed by atoms with E-state index in [1.54, 1.807) is 4.90 Å². The number of nitrogens with one attached hydrogen (secondary N) is 1. The summed E-state index contributed by atoms with van der Waals surface area (Å²) in [7, 11) is 0. The lowest BCUT2D eigenvalue weighted by Crippen LogP contribution is -2.54. The molecular weight excluding hydrogens is 344 g/mol. The Morgan fingerprint density at radius 1 is 1.30 bits per heavy atom. The van der Waals surface area contributed by atoms with Gasteiger partial charge in [-0.25, -0.2) is 4.79 Å². The fourth-order valence-electron chi connectivity index (χ4n) is 3.76. The van der Waals surface area contributed by atoms with Gasteiger partial charge in [-0.2, -0.15) is 0 Å². The molecule has 2 aliphatic rings. The van der Waals surface area contributed by atoms with Crippen LogP contribution in [0.1, 0.15) is 46.2 Å². The summed E-state index contributed by atoms with van der Waals surface area (Å²) in [5.74, 6) is 0.692. The minimum Gasteiger partial charge on any atom is -0.444 e. The SMILES string of the molecule is C[C@H]1CN(C(=O)OC(C)(C)C)CCN1Cc1cn(CC2CCNCC2)nn1. The van der Waals surface area contributed by atoms with E-state index in [9.17, 15) is 4.79 Å². The van der Waals surface area contributed by atoms with E-state index in [1.165, 1.54) is 12.8 Å². The van der Waals surface area contributed by atoms with E-state index >= 15 is 0 Å². The summed E-state index contributed by atoms with van der Waals surface area (Å²) in [6.45, 7) is 14.0. The third kappa shape index (κ3) is 5.90. The molecule has 2 saturated heterocycles. The van der Waals surface area contributed by atoms with Crippen molar-refractivity contribution in [1.29, 1.82) is 0 Å². The van der Waals surface area contributed by atoms with E-state index in [2.05, 4.69) is 33.6 Å². The van der Waals surface area contributed by atoms with Crippen molar-refractivity contribution in [2.45, 2.75) is 65.3 Å². The van der Waals surface area contributed by atoms with Gasteiger partial charge in [0.05, 0.1) is 5.69 Å². The summed E-state index contributed by atoms with van der Waals surface area (Å²) < 4.78 is 7.49. The highest BCUT2D eigenvalue weighted by atomic mass is 16.6. The second-order valence-corrected chi connectivity index (χ2v) is 8.87. The predicted molar refractivity (Wildman–Crippen MR) is 103 cm³/mol. The van der Waals surface area contributed by atoms with Gasteiger partial charge in [0.1, 0.15) is 5.60 Å². The van der Waals surface area contributed by atoms with E-state index in [4.69, 9.17) is 4.74 Å². The number of piperazine rings is 1. The average Bonchev–Trinajstić information content (AvgIpc) is 3.03. The first-order valence-electron chi connectivity index (χ1n) is 10.1. The van der Waals surface area contributed by atoms with Gasteiger partial charge in [0.15, 0.2) is 0 Å². The van der Waals surface area contributed by atoms with Crippen LogP contribution in [0.5, 0.6) is 0 Å². The third-order valence-electron chi connectivity index (χ3n) is 5.27. The van der Waals surface area contributed by atoms with Crippen LogP contribution in [0.4, 0.5) is 4.79 Å². The number of ether oxygens (including phenoxy) is 1. The predicted octanol–water partition coefficient (Wildman–Crippen LogP) is 1.72. The molecule has 27 heavy (non-hydrogen) atoms. The van der Waals surface area contributed by atoms with Crippen LogP contribution < -0.4 is 5.32 Å². The number of aromatic nitrogens is 3. The molecule has 8 heteroatoms. The lowest BCUT2D eigenvalue weighted by atomic mass is 9.98. The van der Waals surface area contributed by atoms with Crippen LogP contribution in [-0.4, -0.2) is 75.3 Å². The fourth-order valence-corrected chi connectivity index (χ4v) is 3.76. The Hall–Kier alpha value is -1.67. The number of piperidine rings is 1. The summed E-state index contributed by atoms with van der Waals surface area (Å²) in [5.41, 5.74) is 0.547. The smallest absolute Gasteiger partial charge is 0.410 e. The highest BCUT2D eigenvalue weighted by Gasteiger charge is 2.30. The zero-order valence-corrected chi connectivity index (χ0v) is 17.1. The number of nitrogens with zero attached hydrogens (tertiary/aromatic N) is 5. The van der Waals surface area contributed by atoms with Crippen LogP contribution in [-0.2, 0) is 17.8 Å². The fraction of sp³-hybridized carbons (Fsp3) is 0.842. The van der Waals surface area contributed by atoms with Gasteiger partial charge in [-0.1, -0.05) is 5.21 Å². The number of rotatable bonds is 4. The molecular formula is C19H34N6O2. The summed E-state index contributed by atoms with van der Waals surface area (Å²) in [6.07, 6.45) is 4.27. The molecule has 1 amide bonds. The quantitative estimate of drug-likeness (QED) is 0.860. The van der Waals surface area contributed by atoms with Gasteiger partial charge in [-0.15, -0.1) is 5.10 Å². The van der Waals surface area contributed by atoms with Crippen LogP contribution in [0.2, 0.25) is 0 Å². The van der Waals surface area contributed by atoms with Crippen molar-refractivity contribution in [3.8, 4) is 0 Å². The van der Waals surface area contributed by atoms with Crippen LogP contribution in [0, 0.1) is 5.92 Å². The van der Waals surface area contributed by atoms with Gasteiger partial charge in [-0.3, -0.25) is 9.58 Å². The molecule has 0 aromatic carbocycles. The molecule has 3 rings (SSSR count). The molecule has 0 spiro atoms. The van der Waals surface area contributed by atoms with Gasteiger partial charge in [0.25, 0.3) is 0 Å². The molecule has 2 aliphatic heterocycles. The molecule has 0 saturated carbocycles. The van der Waals surface area contributed by atoms with Crippen molar-refractivity contribution in [3.63, 3.8) is 0 Å². The number of carbonyl (C=O) groups excluding carboxylic acids is 1. The third-order valence-corrected chi connectivity index (χ3v) is 5.27. The van der Waals surface area contributed by atoms with Crippen molar-refractivity contribution < 1.29 is 9.53 Å². The Balaban J connectivity index is 1.48. The Morgan fingerprint density at radius 3 is 2.70 bits per heavy atom. The van der Waals surface area contributed by atoms with E-state index < -0.39 is 5.60 Å². The van der Waals surface area contributed by atoms with Crippen molar-refractivity contribution >= 4 is 6.09 Å². The summed E-state index contributed by atoms with van der Waals surface area (Å²) in [6, 6.07) is 0.265. The van der Waals surface area contributed by atoms with Crippen LogP contribution >= 0.6 is 0 Å². The molecule has 0 unspecified atom stereocenters. The molecule has 1 atom stereocenters. The van der Waals surface area contributed by atoms with Crippen LogP contribution in [0.15, 0.2) is 6.20 Å². The zero-order valence-electron chi connectivity index (χ0n) is 17.1. The Kier molecular flexibility index (Phi) is 6.37. The molecule has 0 aliphatic carbocycles. The Labute approximate surface area is 162 Å². The monoisotopic (exact) mass is 378 g/mol. The number of hydrogen-bond donors (Lipinski definition) is 1. The minimum atomic E-state index is -0.454. The lowest BCUT2D eigenvalue weighted by Gasteiger charge is -2.39. The lowest BCUT2D eigenvalue weighted by molar-refractivity contribution is 0.00444. The van der Waals surface area contributed by atoms with E-state index in [0.717, 1.165) is 38.4 Å². The maximum absolute atomic E-state index is 12.3. The van der Waals surface area contributed by atoms with E-state index in [-0.39, 0.29) is 12.1 Å². The highest BCUT2D eigenvalue weighted by Crippen LogP contribution is 2.17. The molecule has 3 heterocycles. The van der Waals surface area contributed by atoms with Crippen molar-refractivity contribution in [2.75, 3.05) is 32.7 Å². The second kappa shape index (κ2) is 8.56. The highest BCUT2D eigenvalue weighted by molar-refractivity contribution is 5.68. The van der Waals surface area contributed by atoms with E-state index in [0.29, 0.717) is 19.0 Å². The molecule has 152 valence electrons. The summed E-state index contributed by atoms with van der Waals surface area (Å²) >= 11 is 0. The van der Waals surface area contributed by atoms with Crippen molar-refractivity contribution in [2.24, 2.45) is 5.92 Å². The summed E-state index contributed by atoms with van der Waals surface area (Å²) in [5, 5.41) is 12.1. The number of carbonyl (C=O) groups is 1. The average molecular weight is 379 g/mol. The van der Waals surface area contributed by atoms with Crippen LogP contribution in [0.25, 0.3) is 0 Å². The van der Waals surface area contributed by atoms with Gasteiger partial charge in [0.2, 0.25) is 0 Å². The standard InChI is InChI=1S/C19H34N6O2/c1-15-11-24(18(26)27-19(2,3)4)10-9-23(15)13-17-14-25(22-21-17)12-16-5-7-20-8-6-16/h14-16,20H,5-13H2,1-4H3/t15-/m0/s1. The summed E-state index contributed by atoms with van der Waals surface area (Å²) in [4.78, 5) is 16.4. The van der Waals surface area contributed by atoms with E-state index in [1.807, 2.05) is 25.5 Å². The first kappa shape index (κ1) is 20.1. The van der Waals surface area contributed by atoms with Gasteiger partial charge in [0, 0.05) is 45.0 Å². The molecule has 0 radical (unpaired) electrons. The van der Waals surface area contributed by atoms with Gasteiger partial charge < -0.3 is 15.0 Å². The topological polar surface area (TPSA) is 75.5 Å². The first-order valence-corrected chi connectivity index (χ1v) is 10.1. The Morgan fingerprint density at radius 2 is 2.04 bits per heavy atom. The second-order valence-electron chi connectivity index (χ2n) is 8.87. The normalized spacial score (nSPS) is 22.8. The Bertz CT molecular complexity index is 620.